The molecular formula is C19H19Cl3O5S. The Morgan fingerprint density at radius 2 is 1.54 bits per heavy atom. The number of rotatable bonds is 5. The zero-order chi connectivity index (χ0) is 20.4. The summed E-state index contributed by atoms with van der Waals surface area (Å²) in [5, 5.41) is 40.6. The van der Waals surface area contributed by atoms with Crippen LogP contribution in [0.25, 0.3) is 0 Å². The van der Waals surface area contributed by atoms with Crippen LogP contribution in [-0.4, -0.2) is 56.0 Å². The van der Waals surface area contributed by atoms with E-state index in [1.54, 1.807) is 30.3 Å². The van der Waals surface area contributed by atoms with E-state index in [1.165, 1.54) is 0 Å². The van der Waals surface area contributed by atoms with Crippen molar-refractivity contribution >= 4 is 46.6 Å². The summed E-state index contributed by atoms with van der Waals surface area (Å²) in [5.74, 6) is 0.451. The standard InChI is InChI=1S/C19H19Cl3O5S/c20-11-3-4-14(10(6-11)5-9-1-2-12(21)7-13(9)22)27-19-18(26)17(25)16(24)15(8-23)28-19/h1-4,6-7,15-19,23-26H,5,8H2/t15-,16-,17+,18-,19-/m1/s1. The van der Waals surface area contributed by atoms with Gasteiger partial charge in [0, 0.05) is 27.1 Å². The minimum Gasteiger partial charge on any atom is -0.477 e. The second-order valence-electron chi connectivity index (χ2n) is 6.48. The van der Waals surface area contributed by atoms with E-state index < -0.39 is 29.0 Å². The summed E-state index contributed by atoms with van der Waals surface area (Å²) in [7, 11) is 0. The number of hydrogen-bond donors (Lipinski definition) is 4. The number of thioether (sulfide) groups is 1. The van der Waals surface area contributed by atoms with Gasteiger partial charge >= 0.3 is 0 Å². The molecule has 1 aliphatic rings. The Kier molecular flexibility index (Phi) is 7.39. The second-order valence-corrected chi connectivity index (χ2v) is 9.10. The highest BCUT2D eigenvalue weighted by atomic mass is 35.5. The topological polar surface area (TPSA) is 90.2 Å². The molecule has 2 aromatic rings. The fourth-order valence-corrected chi connectivity index (χ4v) is 4.87. The smallest absolute Gasteiger partial charge is 0.173 e. The highest BCUT2D eigenvalue weighted by Crippen LogP contribution is 2.36. The number of aliphatic hydroxyl groups is 4. The number of benzene rings is 2. The fraction of sp³-hybridized carbons (Fsp3) is 0.368. The highest BCUT2D eigenvalue weighted by Gasteiger charge is 2.44. The molecule has 5 nitrogen and oxygen atoms in total. The molecule has 0 spiro atoms. The van der Waals surface area contributed by atoms with E-state index in [0.29, 0.717) is 27.2 Å². The van der Waals surface area contributed by atoms with Crippen LogP contribution in [0, 0.1) is 0 Å². The van der Waals surface area contributed by atoms with E-state index >= 15 is 0 Å². The number of aliphatic hydroxyl groups excluding tert-OH is 4. The second kappa shape index (κ2) is 9.41. The largest absolute Gasteiger partial charge is 0.477 e. The molecule has 5 atom stereocenters. The SMILES string of the molecule is OC[C@H]1S[C@@H](Oc2ccc(Cl)cc2Cc2ccc(Cl)cc2Cl)[C@H](O)[C@@H](O)[C@@H]1O. The average Bonchev–Trinajstić information content (AvgIpc) is 2.66. The first-order valence-electron chi connectivity index (χ1n) is 8.49. The maximum Gasteiger partial charge on any atom is 0.173 e. The van der Waals surface area contributed by atoms with Gasteiger partial charge in [-0.25, -0.2) is 0 Å². The minimum atomic E-state index is -1.43. The summed E-state index contributed by atoms with van der Waals surface area (Å²) < 4.78 is 5.94. The van der Waals surface area contributed by atoms with Crippen molar-refractivity contribution in [2.75, 3.05) is 6.61 Å². The zero-order valence-corrected chi connectivity index (χ0v) is 17.6. The van der Waals surface area contributed by atoms with E-state index in [0.717, 1.165) is 22.9 Å². The van der Waals surface area contributed by atoms with Gasteiger partial charge in [0.2, 0.25) is 0 Å². The van der Waals surface area contributed by atoms with Crippen LogP contribution in [0.15, 0.2) is 36.4 Å². The normalized spacial score (nSPS) is 27.6. The lowest BCUT2D eigenvalue weighted by atomic mass is 10.0. The van der Waals surface area contributed by atoms with Gasteiger partial charge < -0.3 is 25.2 Å². The van der Waals surface area contributed by atoms with Crippen LogP contribution in [0.1, 0.15) is 11.1 Å². The highest BCUT2D eigenvalue weighted by molar-refractivity contribution is 8.00. The molecule has 9 heteroatoms. The van der Waals surface area contributed by atoms with Crippen molar-refractivity contribution in [3.63, 3.8) is 0 Å². The summed E-state index contributed by atoms with van der Waals surface area (Å²) in [6, 6.07) is 10.2. The third-order valence-electron chi connectivity index (χ3n) is 4.51. The first kappa shape index (κ1) is 22.0. The van der Waals surface area contributed by atoms with E-state index in [9.17, 15) is 20.4 Å². The Balaban J connectivity index is 1.86. The Labute approximate surface area is 181 Å². The molecule has 3 rings (SSSR count). The molecular weight excluding hydrogens is 447 g/mol. The molecule has 0 radical (unpaired) electrons. The molecule has 1 fully saturated rings. The van der Waals surface area contributed by atoms with Gasteiger partial charge in [0.25, 0.3) is 0 Å². The van der Waals surface area contributed by atoms with Crippen LogP contribution in [0.2, 0.25) is 15.1 Å². The summed E-state index contributed by atoms with van der Waals surface area (Å²) in [4.78, 5) is 0. The average molecular weight is 466 g/mol. The number of halogens is 3. The maximum atomic E-state index is 10.3. The van der Waals surface area contributed by atoms with Crippen LogP contribution in [-0.2, 0) is 6.42 Å². The predicted molar refractivity (Wildman–Crippen MR) is 112 cm³/mol. The predicted octanol–water partition coefficient (Wildman–Crippen LogP) is 3.13. The third-order valence-corrected chi connectivity index (χ3v) is 6.75. The molecule has 0 aliphatic carbocycles. The van der Waals surface area contributed by atoms with Gasteiger partial charge in [-0.15, -0.1) is 11.8 Å². The molecule has 0 saturated carbocycles. The Hall–Kier alpha value is -0.700. The summed E-state index contributed by atoms with van der Waals surface area (Å²) in [6.45, 7) is -0.358. The minimum absolute atomic E-state index is 0.358. The molecule has 4 N–H and O–H groups in total. The summed E-state index contributed by atoms with van der Waals surface area (Å²) in [6.07, 6.45) is -3.59. The molecule has 0 unspecified atom stereocenters. The quantitative estimate of drug-likeness (QED) is 0.542. The molecule has 28 heavy (non-hydrogen) atoms. The van der Waals surface area contributed by atoms with Crippen molar-refractivity contribution < 1.29 is 25.2 Å². The van der Waals surface area contributed by atoms with Gasteiger partial charge in [0.05, 0.1) is 18.0 Å². The molecule has 2 aromatic carbocycles. The van der Waals surface area contributed by atoms with E-state index in [2.05, 4.69) is 0 Å². The van der Waals surface area contributed by atoms with Crippen LogP contribution in [0.3, 0.4) is 0 Å². The Morgan fingerprint density at radius 1 is 0.857 bits per heavy atom. The van der Waals surface area contributed by atoms with Gasteiger partial charge in [-0.3, -0.25) is 0 Å². The van der Waals surface area contributed by atoms with Gasteiger partial charge in [0.1, 0.15) is 18.0 Å². The van der Waals surface area contributed by atoms with Crippen molar-refractivity contribution in [2.45, 2.75) is 35.4 Å². The van der Waals surface area contributed by atoms with Crippen LogP contribution >= 0.6 is 46.6 Å². The molecule has 152 valence electrons. The van der Waals surface area contributed by atoms with Crippen molar-refractivity contribution in [3.8, 4) is 5.75 Å². The lowest BCUT2D eigenvalue weighted by Gasteiger charge is -2.39. The molecule has 1 aliphatic heterocycles. The van der Waals surface area contributed by atoms with E-state index in [4.69, 9.17) is 39.5 Å². The Bertz CT molecular complexity index is 835. The lowest BCUT2D eigenvalue weighted by Crippen LogP contribution is -2.55. The van der Waals surface area contributed by atoms with E-state index in [1.807, 2.05) is 6.07 Å². The monoisotopic (exact) mass is 464 g/mol. The van der Waals surface area contributed by atoms with E-state index in [-0.39, 0.29) is 6.61 Å². The Morgan fingerprint density at radius 3 is 2.21 bits per heavy atom. The fourth-order valence-electron chi connectivity index (χ4n) is 2.96. The van der Waals surface area contributed by atoms with Gasteiger partial charge in [-0.1, -0.05) is 40.9 Å². The van der Waals surface area contributed by atoms with Crippen LogP contribution in [0.4, 0.5) is 0 Å². The first-order valence-corrected chi connectivity index (χ1v) is 10.6. The van der Waals surface area contributed by atoms with Crippen molar-refractivity contribution in [1.29, 1.82) is 0 Å². The van der Waals surface area contributed by atoms with Crippen LogP contribution in [0.5, 0.6) is 5.75 Å². The molecule has 1 saturated heterocycles. The zero-order valence-electron chi connectivity index (χ0n) is 14.5. The van der Waals surface area contributed by atoms with Crippen molar-refractivity contribution in [3.05, 3.63) is 62.6 Å². The van der Waals surface area contributed by atoms with Gasteiger partial charge in [-0.05, 0) is 35.9 Å². The van der Waals surface area contributed by atoms with Crippen molar-refractivity contribution in [1.82, 2.24) is 0 Å². The third kappa shape index (κ3) is 4.89. The maximum absolute atomic E-state index is 10.3. The summed E-state index contributed by atoms with van der Waals surface area (Å²) >= 11 is 19.4. The number of hydrogen-bond acceptors (Lipinski definition) is 6. The molecule has 0 amide bonds. The summed E-state index contributed by atoms with van der Waals surface area (Å²) in [5.41, 5.74) is 0.667. The van der Waals surface area contributed by atoms with Crippen LogP contribution < -0.4 is 4.74 Å². The lowest BCUT2D eigenvalue weighted by molar-refractivity contribution is -0.0910. The molecule has 0 bridgehead atoms. The van der Waals surface area contributed by atoms with Crippen molar-refractivity contribution in [2.24, 2.45) is 0 Å². The number of ether oxygens (including phenoxy) is 1. The van der Waals surface area contributed by atoms with Gasteiger partial charge in [-0.2, -0.15) is 0 Å². The first-order chi connectivity index (χ1) is 13.3. The molecule has 1 heterocycles. The molecule has 0 aromatic heterocycles. The van der Waals surface area contributed by atoms with Gasteiger partial charge in [0.15, 0.2) is 5.44 Å².